The van der Waals surface area contributed by atoms with Crippen molar-refractivity contribution >= 4 is 10.8 Å². The lowest BCUT2D eigenvalue weighted by molar-refractivity contribution is -0.117. The predicted octanol–water partition coefficient (Wildman–Crippen LogP) is 0.128. The molecule has 0 saturated carbocycles. The highest BCUT2D eigenvalue weighted by Crippen LogP contribution is 2.05. The Hall–Kier alpha value is 0.0700. The van der Waals surface area contributed by atoms with Gasteiger partial charge in [-0.05, 0) is 0 Å². The summed E-state index contributed by atoms with van der Waals surface area (Å²) in [7, 11) is 0.925. The third-order valence-corrected chi connectivity index (χ3v) is 2.77. The van der Waals surface area contributed by atoms with Crippen LogP contribution in [0.1, 0.15) is 6.42 Å². The van der Waals surface area contributed by atoms with Gasteiger partial charge in [0.05, 0.1) is 6.61 Å². The van der Waals surface area contributed by atoms with Crippen molar-refractivity contribution in [3.8, 4) is 0 Å². The zero-order valence-corrected chi connectivity index (χ0v) is 6.86. The summed E-state index contributed by atoms with van der Waals surface area (Å²) in [5, 5.41) is 0. The minimum absolute atomic E-state index is 0.133. The lowest BCUT2D eigenvalue weighted by Gasteiger charge is -2.10. The molecule has 0 bridgehead atoms. The highest BCUT2D eigenvalue weighted by atomic mass is 32.2. The van der Waals surface area contributed by atoms with E-state index in [1.165, 1.54) is 0 Å². The molecule has 3 nitrogen and oxygen atoms in total. The summed E-state index contributed by atoms with van der Waals surface area (Å²) in [4.78, 5) is 0. The molecule has 0 aromatic rings. The minimum atomic E-state index is -0.685. The third-order valence-electron chi connectivity index (χ3n) is 1.46. The Morgan fingerprint density at radius 2 is 2.40 bits per heavy atom. The molecule has 0 spiro atoms. The Labute approximate surface area is 63.2 Å². The second-order valence-corrected chi connectivity index (χ2v) is 3.87. The molecule has 0 aromatic carbocycles. The molecule has 1 aliphatic heterocycles. The fourth-order valence-electron chi connectivity index (χ4n) is 0.871. The summed E-state index contributed by atoms with van der Waals surface area (Å²) in [5.74, 6) is 1.36. The fraction of sp³-hybridized carbons (Fsp3) is 1.00. The van der Waals surface area contributed by atoms with Gasteiger partial charge in [-0.25, -0.2) is 0 Å². The smallest absolute Gasteiger partial charge is 0.158 e. The first-order chi connectivity index (χ1) is 4.83. The van der Waals surface area contributed by atoms with Gasteiger partial charge in [-0.15, -0.1) is 0 Å². The van der Waals surface area contributed by atoms with Crippen LogP contribution in [0.15, 0.2) is 0 Å². The first kappa shape index (κ1) is 8.17. The normalized spacial score (nSPS) is 35.3. The molecule has 0 aliphatic carbocycles. The largest absolute Gasteiger partial charge is 0.356 e. The number of rotatable bonds is 1. The van der Waals surface area contributed by atoms with Crippen LogP contribution in [0, 0.1) is 0 Å². The van der Waals surface area contributed by atoms with E-state index in [9.17, 15) is 4.21 Å². The Morgan fingerprint density at radius 3 is 3.10 bits per heavy atom. The van der Waals surface area contributed by atoms with Crippen LogP contribution >= 0.6 is 0 Å². The zero-order chi connectivity index (χ0) is 7.40. The quantitative estimate of drug-likeness (QED) is 0.552. The Morgan fingerprint density at radius 1 is 1.60 bits per heavy atom. The Balaban J connectivity index is 2.33. The van der Waals surface area contributed by atoms with Gasteiger partial charge >= 0.3 is 0 Å². The van der Waals surface area contributed by atoms with E-state index in [1.54, 1.807) is 7.11 Å². The zero-order valence-electron chi connectivity index (χ0n) is 6.04. The summed E-state index contributed by atoms with van der Waals surface area (Å²) in [6.45, 7) is 0.561. The van der Waals surface area contributed by atoms with E-state index in [0.29, 0.717) is 18.1 Å². The van der Waals surface area contributed by atoms with Crippen molar-refractivity contribution in [1.82, 2.24) is 0 Å². The maximum Gasteiger partial charge on any atom is 0.158 e. The van der Waals surface area contributed by atoms with Gasteiger partial charge in [0.15, 0.2) is 6.29 Å². The van der Waals surface area contributed by atoms with Crippen LogP contribution in [-0.2, 0) is 20.3 Å². The minimum Gasteiger partial charge on any atom is -0.356 e. The molecular weight excluding hydrogens is 152 g/mol. The van der Waals surface area contributed by atoms with Crippen LogP contribution in [0.25, 0.3) is 0 Å². The summed E-state index contributed by atoms with van der Waals surface area (Å²) >= 11 is 0. The molecule has 1 aliphatic rings. The van der Waals surface area contributed by atoms with Crippen molar-refractivity contribution in [3.05, 3.63) is 0 Å². The van der Waals surface area contributed by atoms with Gasteiger partial charge < -0.3 is 9.47 Å². The Kier molecular flexibility index (Phi) is 3.31. The fourth-order valence-corrected chi connectivity index (χ4v) is 1.81. The first-order valence-electron chi connectivity index (χ1n) is 3.32. The number of methoxy groups -OCH3 is 1. The molecule has 2 atom stereocenters. The van der Waals surface area contributed by atoms with Crippen molar-refractivity contribution in [1.29, 1.82) is 0 Å². The van der Waals surface area contributed by atoms with Crippen LogP contribution < -0.4 is 0 Å². The van der Waals surface area contributed by atoms with Crippen LogP contribution in [-0.4, -0.2) is 35.7 Å². The highest BCUT2D eigenvalue weighted by molar-refractivity contribution is 7.85. The molecule has 0 aromatic heterocycles. The predicted molar refractivity (Wildman–Crippen MR) is 39.2 cm³/mol. The lowest BCUT2D eigenvalue weighted by Crippen LogP contribution is -2.14. The molecule has 1 heterocycles. The van der Waals surface area contributed by atoms with E-state index >= 15 is 0 Å². The van der Waals surface area contributed by atoms with E-state index in [4.69, 9.17) is 9.47 Å². The number of hydrogen-bond acceptors (Lipinski definition) is 3. The molecule has 1 rings (SSSR count). The molecule has 0 N–H and O–H groups in total. The molecule has 1 fully saturated rings. The Bertz CT molecular complexity index is 126. The SMILES string of the molecule is CO[C@@H]1CCS(=O)CCO1. The molecule has 1 saturated heterocycles. The lowest BCUT2D eigenvalue weighted by atomic mass is 10.5. The van der Waals surface area contributed by atoms with Gasteiger partial charge in [0, 0.05) is 35.8 Å². The molecule has 60 valence electrons. The van der Waals surface area contributed by atoms with Gasteiger partial charge in [-0.1, -0.05) is 0 Å². The molecule has 1 unspecified atom stereocenters. The van der Waals surface area contributed by atoms with Crippen molar-refractivity contribution < 1.29 is 13.7 Å². The molecule has 0 radical (unpaired) electrons. The maximum absolute atomic E-state index is 10.9. The number of ether oxygens (including phenoxy) is 2. The topological polar surface area (TPSA) is 35.5 Å². The summed E-state index contributed by atoms with van der Waals surface area (Å²) in [6, 6.07) is 0. The number of hydrogen-bond donors (Lipinski definition) is 0. The monoisotopic (exact) mass is 164 g/mol. The van der Waals surface area contributed by atoms with E-state index < -0.39 is 10.8 Å². The van der Waals surface area contributed by atoms with Gasteiger partial charge in [0.25, 0.3) is 0 Å². The second-order valence-electron chi connectivity index (χ2n) is 2.17. The molecule has 4 heteroatoms. The van der Waals surface area contributed by atoms with Gasteiger partial charge in [-0.2, -0.15) is 0 Å². The van der Waals surface area contributed by atoms with Crippen molar-refractivity contribution in [2.24, 2.45) is 0 Å². The van der Waals surface area contributed by atoms with E-state index in [2.05, 4.69) is 0 Å². The average Bonchev–Trinajstić information content (AvgIpc) is 2.14. The summed E-state index contributed by atoms with van der Waals surface area (Å²) in [5.41, 5.74) is 0. The van der Waals surface area contributed by atoms with E-state index in [-0.39, 0.29) is 6.29 Å². The van der Waals surface area contributed by atoms with E-state index in [0.717, 1.165) is 6.42 Å². The van der Waals surface area contributed by atoms with E-state index in [1.807, 2.05) is 0 Å². The highest BCUT2D eigenvalue weighted by Gasteiger charge is 2.14. The third kappa shape index (κ3) is 2.36. The molecule has 0 amide bonds. The van der Waals surface area contributed by atoms with Crippen LogP contribution in [0.3, 0.4) is 0 Å². The van der Waals surface area contributed by atoms with Gasteiger partial charge in [0.1, 0.15) is 0 Å². The maximum atomic E-state index is 10.9. The molecule has 10 heavy (non-hydrogen) atoms. The summed E-state index contributed by atoms with van der Waals surface area (Å²) in [6.07, 6.45) is 0.620. The summed E-state index contributed by atoms with van der Waals surface area (Å²) < 4.78 is 21.1. The van der Waals surface area contributed by atoms with Crippen molar-refractivity contribution in [2.75, 3.05) is 25.2 Å². The van der Waals surface area contributed by atoms with Crippen molar-refractivity contribution in [3.63, 3.8) is 0 Å². The molecular formula is C6H12O3S. The van der Waals surface area contributed by atoms with Crippen LogP contribution in [0.5, 0.6) is 0 Å². The van der Waals surface area contributed by atoms with Crippen LogP contribution in [0.4, 0.5) is 0 Å². The van der Waals surface area contributed by atoms with Gasteiger partial charge in [0.2, 0.25) is 0 Å². The van der Waals surface area contributed by atoms with Crippen molar-refractivity contribution in [2.45, 2.75) is 12.7 Å². The van der Waals surface area contributed by atoms with Gasteiger partial charge in [-0.3, -0.25) is 4.21 Å². The van der Waals surface area contributed by atoms with Crippen LogP contribution in [0.2, 0.25) is 0 Å². The standard InChI is InChI=1S/C6H12O3S/c1-8-6-2-4-10(7)5-3-9-6/h6H,2-5H2,1H3/t6-,10?/m0/s1. The average molecular weight is 164 g/mol. The second kappa shape index (κ2) is 4.05. The first-order valence-corrected chi connectivity index (χ1v) is 4.81.